The zero-order valence-corrected chi connectivity index (χ0v) is 8.86. The zero-order chi connectivity index (χ0) is 12.1. The van der Waals surface area contributed by atoms with Crippen molar-refractivity contribution in [1.82, 2.24) is 9.55 Å². The van der Waals surface area contributed by atoms with Crippen LogP contribution in [0.1, 0.15) is 12.8 Å². The largest absolute Gasteiger partial charge is 0.469 e. The molecule has 0 fully saturated rings. The number of methoxy groups -OCH3 is 1. The van der Waals surface area contributed by atoms with Crippen molar-refractivity contribution in [2.24, 2.45) is 0 Å². The van der Waals surface area contributed by atoms with E-state index in [0.29, 0.717) is 13.0 Å². The number of aryl methyl sites for hydroxylation is 1. The third kappa shape index (κ3) is 2.97. The minimum absolute atomic E-state index is 0.0299. The highest BCUT2D eigenvalue weighted by atomic mass is 16.5. The van der Waals surface area contributed by atoms with E-state index in [9.17, 15) is 14.4 Å². The van der Waals surface area contributed by atoms with Crippen LogP contribution in [0.4, 0.5) is 5.69 Å². The minimum Gasteiger partial charge on any atom is -0.469 e. The third-order valence-electron chi connectivity index (χ3n) is 2.05. The summed E-state index contributed by atoms with van der Waals surface area (Å²) in [6, 6.07) is 0. The first-order chi connectivity index (χ1) is 7.54. The quantitative estimate of drug-likeness (QED) is 0.646. The molecule has 0 atom stereocenters. The van der Waals surface area contributed by atoms with Gasteiger partial charge in [-0.3, -0.25) is 19.1 Å². The van der Waals surface area contributed by atoms with Crippen molar-refractivity contribution >= 4 is 11.7 Å². The number of rotatable bonds is 4. The lowest BCUT2D eigenvalue weighted by atomic mass is 10.3. The zero-order valence-electron chi connectivity index (χ0n) is 8.86. The number of nitrogens with two attached hydrogens (primary N) is 1. The van der Waals surface area contributed by atoms with Gasteiger partial charge < -0.3 is 10.5 Å². The molecule has 0 aromatic carbocycles. The van der Waals surface area contributed by atoms with Gasteiger partial charge in [-0.15, -0.1) is 0 Å². The van der Waals surface area contributed by atoms with Crippen molar-refractivity contribution in [1.29, 1.82) is 0 Å². The summed E-state index contributed by atoms with van der Waals surface area (Å²) in [5.74, 6) is -0.342. The highest BCUT2D eigenvalue weighted by Gasteiger charge is 2.03. The Morgan fingerprint density at radius 3 is 2.88 bits per heavy atom. The van der Waals surface area contributed by atoms with Crippen LogP contribution in [-0.4, -0.2) is 22.6 Å². The van der Waals surface area contributed by atoms with Gasteiger partial charge in [-0.05, 0) is 6.42 Å². The molecule has 0 unspecified atom stereocenters. The van der Waals surface area contributed by atoms with Crippen molar-refractivity contribution in [2.75, 3.05) is 12.8 Å². The first-order valence-electron chi connectivity index (χ1n) is 4.70. The highest BCUT2D eigenvalue weighted by molar-refractivity contribution is 5.68. The van der Waals surface area contributed by atoms with Crippen molar-refractivity contribution in [3.05, 3.63) is 27.0 Å². The summed E-state index contributed by atoms with van der Waals surface area (Å²) in [5, 5.41) is 0. The molecule has 0 spiro atoms. The predicted octanol–water partition coefficient (Wildman–Crippen LogP) is -0.928. The second-order valence-corrected chi connectivity index (χ2v) is 3.22. The number of anilines is 1. The summed E-state index contributed by atoms with van der Waals surface area (Å²) < 4.78 is 5.70. The number of carbonyl (C=O) groups excluding carboxylic acids is 1. The third-order valence-corrected chi connectivity index (χ3v) is 2.05. The molecule has 0 aliphatic heterocycles. The van der Waals surface area contributed by atoms with E-state index in [-0.39, 0.29) is 18.1 Å². The van der Waals surface area contributed by atoms with Crippen LogP contribution in [0, 0.1) is 0 Å². The van der Waals surface area contributed by atoms with Gasteiger partial charge in [0.25, 0.3) is 5.56 Å². The first-order valence-corrected chi connectivity index (χ1v) is 4.70. The molecule has 3 N–H and O–H groups in total. The number of nitrogen functional groups attached to an aromatic ring is 1. The Labute approximate surface area is 90.8 Å². The number of nitrogens with zero attached hydrogens (tertiary/aromatic N) is 1. The molecule has 7 heteroatoms. The summed E-state index contributed by atoms with van der Waals surface area (Å²) in [7, 11) is 1.30. The molecule has 1 aromatic heterocycles. The molecule has 0 aliphatic rings. The Hall–Kier alpha value is -2.05. The lowest BCUT2D eigenvalue weighted by Gasteiger charge is -2.04. The Bertz CT molecular complexity index is 488. The van der Waals surface area contributed by atoms with Gasteiger partial charge in [-0.25, -0.2) is 4.79 Å². The van der Waals surface area contributed by atoms with E-state index in [0.717, 1.165) is 0 Å². The monoisotopic (exact) mass is 227 g/mol. The molecular formula is C9H13N3O4. The summed E-state index contributed by atoms with van der Waals surface area (Å²) in [6.07, 6.45) is 1.92. The number of H-pyrrole nitrogens is 1. The van der Waals surface area contributed by atoms with E-state index >= 15 is 0 Å². The Morgan fingerprint density at radius 2 is 2.25 bits per heavy atom. The van der Waals surface area contributed by atoms with Crippen LogP contribution in [0.25, 0.3) is 0 Å². The van der Waals surface area contributed by atoms with Crippen LogP contribution in [0.3, 0.4) is 0 Å². The number of ether oxygens (including phenoxy) is 1. The van der Waals surface area contributed by atoms with Crippen LogP contribution in [0.2, 0.25) is 0 Å². The van der Waals surface area contributed by atoms with Gasteiger partial charge >= 0.3 is 11.7 Å². The maximum atomic E-state index is 11.3. The van der Waals surface area contributed by atoms with Crippen LogP contribution in [-0.2, 0) is 16.1 Å². The highest BCUT2D eigenvalue weighted by Crippen LogP contribution is 1.95. The minimum atomic E-state index is -0.603. The molecule has 88 valence electrons. The maximum Gasteiger partial charge on any atom is 0.328 e. The summed E-state index contributed by atoms with van der Waals surface area (Å²) in [4.78, 5) is 35.1. The molecule has 16 heavy (non-hydrogen) atoms. The van der Waals surface area contributed by atoms with E-state index in [1.54, 1.807) is 0 Å². The number of hydrogen-bond donors (Lipinski definition) is 2. The van der Waals surface area contributed by atoms with Gasteiger partial charge in [0, 0.05) is 19.2 Å². The second kappa shape index (κ2) is 5.15. The SMILES string of the molecule is COC(=O)CCCn1cc(N)c(=O)[nH]c1=O. The standard InChI is InChI=1S/C9H13N3O4/c1-16-7(13)3-2-4-12-5-6(10)8(14)11-9(12)15/h5H,2-4,10H2,1H3,(H,11,14,15). The average molecular weight is 227 g/mol. The predicted molar refractivity (Wildman–Crippen MR) is 57.0 cm³/mol. The molecule has 7 nitrogen and oxygen atoms in total. The van der Waals surface area contributed by atoms with E-state index in [2.05, 4.69) is 9.72 Å². The van der Waals surface area contributed by atoms with Gasteiger partial charge in [0.1, 0.15) is 5.69 Å². The fraction of sp³-hybridized carbons (Fsp3) is 0.444. The van der Waals surface area contributed by atoms with E-state index in [1.165, 1.54) is 17.9 Å². The fourth-order valence-corrected chi connectivity index (χ4v) is 1.19. The van der Waals surface area contributed by atoms with Gasteiger partial charge in [-0.2, -0.15) is 0 Å². The lowest BCUT2D eigenvalue weighted by Crippen LogP contribution is -2.31. The number of aromatic amines is 1. The Morgan fingerprint density at radius 1 is 1.56 bits per heavy atom. The number of nitrogens with one attached hydrogen (secondary N) is 1. The van der Waals surface area contributed by atoms with Crippen molar-refractivity contribution in [2.45, 2.75) is 19.4 Å². The van der Waals surface area contributed by atoms with Gasteiger partial charge in [-0.1, -0.05) is 0 Å². The van der Waals surface area contributed by atoms with Crippen molar-refractivity contribution in [3.63, 3.8) is 0 Å². The van der Waals surface area contributed by atoms with Crippen LogP contribution >= 0.6 is 0 Å². The van der Waals surface area contributed by atoms with E-state index < -0.39 is 11.2 Å². The van der Waals surface area contributed by atoms with E-state index in [1.807, 2.05) is 0 Å². The van der Waals surface area contributed by atoms with Crippen molar-refractivity contribution in [3.8, 4) is 0 Å². The van der Waals surface area contributed by atoms with Crippen molar-refractivity contribution < 1.29 is 9.53 Å². The molecule has 1 rings (SSSR count). The van der Waals surface area contributed by atoms with Crippen LogP contribution in [0.15, 0.2) is 15.8 Å². The molecule has 0 saturated heterocycles. The lowest BCUT2D eigenvalue weighted by molar-refractivity contribution is -0.140. The molecule has 1 aromatic rings. The topological polar surface area (TPSA) is 107 Å². The molecule has 0 radical (unpaired) electrons. The molecule has 0 bridgehead atoms. The van der Waals surface area contributed by atoms with Gasteiger partial charge in [0.15, 0.2) is 0 Å². The summed E-state index contributed by atoms with van der Waals surface area (Å²) in [6.45, 7) is 0.301. The van der Waals surface area contributed by atoms with E-state index in [4.69, 9.17) is 5.73 Å². The smallest absolute Gasteiger partial charge is 0.328 e. The Kier molecular flexibility index (Phi) is 3.87. The van der Waals surface area contributed by atoms with Crippen LogP contribution < -0.4 is 17.0 Å². The number of esters is 1. The Balaban J connectivity index is 2.68. The number of aromatic nitrogens is 2. The number of carbonyl (C=O) groups is 1. The molecule has 1 heterocycles. The fourth-order valence-electron chi connectivity index (χ4n) is 1.19. The number of hydrogen-bond acceptors (Lipinski definition) is 5. The maximum absolute atomic E-state index is 11.3. The first kappa shape index (κ1) is 12.0. The second-order valence-electron chi connectivity index (χ2n) is 3.22. The molecule has 0 aliphatic carbocycles. The van der Waals surface area contributed by atoms with Gasteiger partial charge in [0.2, 0.25) is 0 Å². The molecule has 0 amide bonds. The normalized spacial score (nSPS) is 10.1. The van der Waals surface area contributed by atoms with Crippen LogP contribution in [0.5, 0.6) is 0 Å². The average Bonchev–Trinajstić information content (AvgIpc) is 2.25. The summed E-state index contributed by atoms with van der Waals surface area (Å²) in [5.41, 5.74) is 4.18. The summed E-state index contributed by atoms with van der Waals surface area (Å²) >= 11 is 0. The van der Waals surface area contributed by atoms with Gasteiger partial charge in [0.05, 0.1) is 7.11 Å². The molecule has 0 saturated carbocycles. The molecular weight excluding hydrogens is 214 g/mol.